The van der Waals surface area contributed by atoms with Crippen LogP contribution in [0.2, 0.25) is 0 Å². The van der Waals surface area contributed by atoms with Crippen molar-refractivity contribution in [3.8, 4) is 0 Å². The van der Waals surface area contributed by atoms with Crippen LogP contribution in [0.5, 0.6) is 0 Å². The van der Waals surface area contributed by atoms with Gasteiger partial charge in [0, 0.05) is 6.54 Å². The van der Waals surface area contributed by atoms with Crippen LogP contribution < -0.4 is 5.73 Å². The zero-order valence-corrected chi connectivity index (χ0v) is 10.9. The number of aromatic nitrogens is 2. The number of nitrogens with zero attached hydrogens (tertiary/aromatic N) is 2. The number of hydrogen-bond donors (Lipinski definition) is 1. The molecule has 0 radical (unpaired) electrons. The highest BCUT2D eigenvalue weighted by Gasteiger charge is 2.31. The van der Waals surface area contributed by atoms with Gasteiger partial charge in [0.15, 0.2) is 0 Å². The third-order valence-electron chi connectivity index (χ3n) is 3.27. The lowest BCUT2D eigenvalue weighted by Crippen LogP contribution is -2.07. The van der Waals surface area contributed by atoms with E-state index in [2.05, 4.69) is 4.98 Å². The molecule has 0 fully saturated rings. The number of benzene rings is 2. The minimum absolute atomic E-state index is 0.0771. The third-order valence-corrected chi connectivity index (χ3v) is 3.27. The lowest BCUT2D eigenvalue weighted by molar-refractivity contribution is -0.137. The number of fused-ring (bicyclic) bond motifs is 1. The van der Waals surface area contributed by atoms with Crippen LogP contribution in [-0.4, -0.2) is 9.55 Å². The molecule has 0 amide bonds. The van der Waals surface area contributed by atoms with Gasteiger partial charge in [0.25, 0.3) is 0 Å². The van der Waals surface area contributed by atoms with Crippen LogP contribution in [0.15, 0.2) is 48.8 Å². The van der Waals surface area contributed by atoms with Crippen molar-refractivity contribution in [2.75, 3.05) is 5.73 Å². The molecule has 0 aliphatic heterocycles. The molecule has 0 aliphatic rings. The van der Waals surface area contributed by atoms with Crippen LogP contribution in [0, 0.1) is 0 Å². The van der Waals surface area contributed by atoms with Crippen LogP contribution in [-0.2, 0) is 12.7 Å². The number of nitrogens with two attached hydrogens (primary N) is 1. The van der Waals surface area contributed by atoms with Crippen LogP contribution in [0.4, 0.5) is 18.9 Å². The second-order valence-corrected chi connectivity index (χ2v) is 4.79. The average molecular weight is 291 g/mol. The van der Waals surface area contributed by atoms with E-state index in [-0.39, 0.29) is 11.2 Å². The first-order valence-corrected chi connectivity index (χ1v) is 6.30. The Kier molecular flexibility index (Phi) is 3.08. The predicted molar refractivity (Wildman–Crippen MR) is 74.7 cm³/mol. The monoisotopic (exact) mass is 291 g/mol. The quantitative estimate of drug-likeness (QED) is 0.732. The molecule has 3 nitrogen and oxygen atoms in total. The van der Waals surface area contributed by atoms with Gasteiger partial charge in [-0.2, -0.15) is 13.2 Å². The van der Waals surface area contributed by atoms with Crippen molar-refractivity contribution in [3.63, 3.8) is 0 Å². The van der Waals surface area contributed by atoms with Gasteiger partial charge in [-0.1, -0.05) is 30.3 Å². The molecule has 1 heterocycles. The van der Waals surface area contributed by atoms with E-state index >= 15 is 0 Å². The van der Waals surface area contributed by atoms with Crippen molar-refractivity contribution in [3.05, 3.63) is 59.9 Å². The molecule has 21 heavy (non-hydrogen) atoms. The van der Waals surface area contributed by atoms with Crippen LogP contribution in [0.3, 0.4) is 0 Å². The first kappa shape index (κ1) is 13.5. The van der Waals surface area contributed by atoms with Gasteiger partial charge in [0.05, 0.1) is 28.6 Å². The summed E-state index contributed by atoms with van der Waals surface area (Å²) in [7, 11) is 0. The number of alkyl halides is 3. The minimum Gasteiger partial charge on any atom is -0.397 e. The summed E-state index contributed by atoms with van der Waals surface area (Å²) in [6.45, 7) is 0.507. The zero-order valence-electron chi connectivity index (χ0n) is 10.9. The van der Waals surface area contributed by atoms with Gasteiger partial charge in [0.2, 0.25) is 0 Å². The molecule has 1 aromatic heterocycles. The zero-order chi connectivity index (χ0) is 15.0. The van der Waals surface area contributed by atoms with Crippen molar-refractivity contribution in [1.82, 2.24) is 9.55 Å². The SMILES string of the molecule is Nc1cc(C(F)(F)F)cc2ncn(Cc3ccccc3)c12. The molecule has 0 aliphatic carbocycles. The van der Waals surface area contributed by atoms with E-state index in [0.717, 1.165) is 17.7 Å². The molecule has 0 saturated heterocycles. The Labute approximate surface area is 118 Å². The number of rotatable bonds is 2. The van der Waals surface area contributed by atoms with E-state index in [1.54, 1.807) is 4.57 Å². The van der Waals surface area contributed by atoms with E-state index < -0.39 is 11.7 Å². The molecule has 0 atom stereocenters. The van der Waals surface area contributed by atoms with E-state index in [9.17, 15) is 13.2 Å². The second-order valence-electron chi connectivity index (χ2n) is 4.79. The van der Waals surface area contributed by atoms with E-state index in [1.165, 1.54) is 6.33 Å². The molecule has 108 valence electrons. The van der Waals surface area contributed by atoms with Crippen LogP contribution in [0.25, 0.3) is 11.0 Å². The number of nitrogen functional groups attached to an aromatic ring is 1. The summed E-state index contributed by atoms with van der Waals surface area (Å²) in [6.07, 6.45) is -2.92. The molecular formula is C15H12F3N3. The maximum atomic E-state index is 12.8. The molecule has 3 rings (SSSR count). The van der Waals surface area contributed by atoms with Gasteiger partial charge >= 0.3 is 6.18 Å². The van der Waals surface area contributed by atoms with Crippen molar-refractivity contribution in [2.24, 2.45) is 0 Å². The third kappa shape index (κ3) is 2.56. The van der Waals surface area contributed by atoms with Gasteiger partial charge in [-0.25, -0.2) is 4.98 Å². The Morgan fingerprint density at radius 1 is 1.10 bits per heavy atom. The van der Waals surface area contributed by atoms with Gasteiger partial charge in [-0.15, -0.1) is 0 Å². The molecule has 0 unspecified atom stereocenters. The molecule has 3 aromatic rings. The summed E-state index contributed by atoms with van der Waals surface area (Å²) in [4.78, 5) is 4.03. The molecule has 0 spiro atoms. The number of anilines is 1. The first-order chi connectivity index (χ1) is 9.95. The standard InChI is InChI=1S/C15H12F3N3/c16-15(17,18)11-6-12(19)14-13(7-11)20-9-21(14)8-10-4-2-1-3-5-10/h1-7,9H,8,19H2. The maximum Gasteiger partial charge on any atom is 0.416 e. The molecule has 0 bridgehead atoms. The Hall–Kier alpha value is -2.50. The fourth-order valence-corrected chi connectivity index (χ4v) is 2.31. The summed E-state index contributed by atoms with van der Waals surface area (Å²) in [5.74, 6) is 0. The topological polar surface area (TPSA) is 43.8 Å². The van der Waals surface area contributed by atoms with Gasteiger partial charge in [0.1, 0.15) is 0 Å². The molecular weight excluding hydrogens is 279 g/mol. The first-order valence-electron chi connectivity index (χ1n) is 6.30. The summed E-state index contributed by atoms with van der Waals surface area (Å²) in [5, 5.41) is 0. The highest BCUT2D eigenvalue weighted by atomic mass is 19.4. The second kappa shape index (κ2) is 4.80. The fourth-order valence-electron chi connectivity index (χ4n) is 2.31. The largest absolute Gasteiger partial charge is 0.416 e. The molecule has 6 heteroatoms. The summed E-state index contributed by atoms with van der Waals surface area (Å²) in [6, 6.07) is 11.6. The lowest BCUT2D eigenvalue weighted by atomic mass is 10.1. The number of imidazole rings is 1. The van der Waals surface area contributed by atoms with Crippen LogP contribution >= 0.6 is 0 Å². The number of halogens is 3. The normalized spacial score (nSPS) is 12.0. The number of hydrogen-bond acceptors (Lipinski definition) is 2. The smallest absolute Gasteiger partial charge is 0.397 e. The highest BCUT2D eigenvalue weighted by Crippen LogP contribution is 2.34. The van der Waals surface area contributed by atoms with Crippen molar-refractivity contribution in [2.45, 2.75) is 12.7 Å². The van der Waals surface area contributed by atoms with Crippen molar-refractivity contribution >= 4 is 16.7 Å². The molecule has 2 N–H and O–H groups in total. The highest BCUT2D eigenvalue weighted by molar-refractivity contribution is 5.88. The van der Waals surface area contributed by atoms with Gasteiger partial charge < -0.3 is 10.3 Å². The maximum absolute atomic E-state index is 12.8. The van der Waals surface area contributed by atoms with E-state index in [1.807, 2.05) is 30.3 Å². The van der Waals surface area contributed by atoms with E-state index in [4.69, 9.17) is 5.73 Å². The van der Waals surface area contributed by atoms with Crippen LogP contribution in [0.1, 0.15) is 11.1 Å². The van der Waals surface area contributed by atoms with Crippen molar-refractivity contribution < 1.29 is 13.2 Å². The average Bonchev–Trinajstić information content (AvgIpc) is 2.82. The van der Waals surface area contributed by atoms with Gasteiger partial charge in [-0.3, -0.25) is 0 Å². The summed E-state index contributed by atoms with van der Waals surface area (Å²) < 4.78 is 40.0. The molecule has 0 saturated carbocycles. The Morgan fingerprint density at radius 3 is 2.48 bits per heavy atom. The Morgan fingerprint density at radius 2 is 1.81 bits per heavy atom. The summed E-state index contributed by atoms with van der Waals surface area (Å²) in [5.41, 5.74) is 6.88. The summed E-state index contributed by atoms with van der Waals surface area (Å²) >= 11 is 0. The predicted octanol–water partition coefficient (Wildman–Crippen LogP) is 3.69. The Balaban J connectivity index is 2.07. The minimum atomic E-state index is -4.43. The molecule has 2 aromatic carbocycles. The van der Waals surface area contributed by atoms with Crippen molar-refractivity contribution in [1.29, 1.82) is 0 Å². The Bertz CT molecular complexity index is 776. The lowest BCUT2D eigenvalue weighted by Gasteiger charge is -2.10. The van der Waals surface area contributed by atoms with Gasteiger partial charge in [-0.05, 0) is 17.7 Å². The van der Waals surface area contributed by atoms with E-state index in [0.29, 0.717) is 12.1 Å². The fraction of sp³-hybridized carbons (Fsp3) is 0.133.